The Kier molecular flexibility index (Phi) is 4.82. The van der Waals surface area contributed by atoms with Crippen LogP contribution in [0.25, 0.3) is 0 Å². The quantitative estimate of drug-likeness (QED) is 0.761. The third kappa shape index (κ3) is 3.98. The van der Waals surface area contributed by atoms with Crippen LogP contribution < -0.4 is 16.0 Å². The lowest BCUT2D eigenvalue weighted by molar-refractivity contribution is -0.118. The predicted molar refractivity (Wildman–Crippen MR) is 72.2 cm³/mol. The Labute approximate surface area is 103 Å². The summed E-state index contributed by atoms with van der Waals surface area (Å²) in [6.45, 7) is 8.05. The van der Waals surface area contributed by atoms with Crippen molar-refractivity contribution in [3.63, 3.8) is 0 Å². The second kappa shape index (κ2) is 6.13. The zero-order valence-electron chi connectivity index (χ0n) is 10.8. The van der Waals surface area contributed by atoms with Gasteiger partial charge in [0, 0.05) is 37.9 Å². The highest BCUT2D eigenvalue weighted by molar-refractivity contribution is 5.72. The largest absolute Gasteiger partial charge is 0.399 e. The molecular formula is C13H21N3O. The maximum Gasteiger partial charge on any atom is 0.216 e. The molecule has 94 valence electrons. The highest BCUT2D eigenvalue weighted by Crippen LogP contribution is 2.21. The molecule has 1 aromatic rings. The average Bonchev–Trinajstić information content (AvgIpc) is 2.25. The van der Waals surface area contributed by atoms with Crippen LogP contribution in [-0.2, 0) is 4.79 Å². The van der Waals surface area contributed by atoms with E-state index >= 15 is 0 Å². The van der Waals surface area contributed by atoms with Gasteiger partial charge in [-0.1, -0.05) is 0 Å². The van der Waals surface area contributed by atoms with Crippen molar-refractivity contribution in [3.05, 3.63) is 23.8 Å². The fraction of sp³-hybridized carbons (Fsp3) is 0.462. The van der Waals surface area contributed by atoms with Crippen LogP contribution in [0.2, 0.25) is 0 Å². The summed E-state index contributed by atoms with van der Waals surface area (Å²) in [5, 5.41) is 2.81. The van der Waals surface area contributed by atoms with E-state index in [-0.39, 0.29) is 5.91 Å². The second-order valence-corrected chi connectivity index (χ2v) is 4.11. The lowest BCUT2D eigenvalue weighted by Crippen LogP contribution is -2.34. The number of carbonyl (C=O) groups is 1. The first-order valence-corrected chi connectivity index (χ1v) is 5.90. The first kappa shape index (κ1) is 13.4. The van der Waals surface area contributed by atoms with Crippen LogP contribution in [0, 0.1) is 6.92 Å². The SMILES string of the molecule is CCN(CCNC(C)=O)c1ccc(N)cc1C. The van der Waals surface area contributed by atoms with Gasteiger partial charge >= 0.3 is 0 Å². The van der Waals surface area contributed by atoms with E-state index in [1.807, 2.05) is 25.1 Å². The van der Waals surface area contributed by atoms with Crippen molar-refractivity contribution in [2.24, 2.45) is 0 Å². The second-order valence-electron chi connectivity index (χ2n) is 4.11. The van der Waals surface area contributed by atoms with Gasteiger partial charge in [0.05, 0.1) is 0 Å². The van der Waals surface area contributed by atoms with E-state index in [9.17, 15) is 4.79 Å². The van der Waals surface area contributed by atoms with Crippen molar-refractivity contribution in [2.75, 3.05) is 30.3 Å². The van der Waals surface area contributed by atoms with Crippen molar-refractivity contribution in [1.82, 2.24) is 5.32 Å². The summed E-state index contributed by atoms with van der Waals surface area (Å²) in [7, 11) is 0. The van der Waals surface area contributed by atoms with Crippen LogP contribution in [0.1, 0.15) is 19.4 Å². The van der Waals surface area contributed by atoms with Crippen molar-refractivity contribution in [2.45, 2.75) is 20.8 Å². The van der Waals surface area contributed by atoms with Gasteiger partial charge in [0.25, 0.3) is 0 Å². The number of aryl methyl sites for hydroxylation is 1. The Balaban J connectivity index is 2.69. The molecule has 0 heterocycles. The molecule has 0 saturated heterocycles. The van der Waals surface area contributed by atoms with Crippen LogP contribution >= 0.6 is 0 Å². The van der Waals surface area contributed by atoms with Gasteiger partial charge in [0.1, 0.15) is 0 Å². The van der Waals surface area contributed by atoms with Gasteiger partial charge in [-0.15, -0.1) is 0 Å². The van der Waals surface area contributed by atoms with E-state index in [2.05, 4.69) is 17.1 Å². The number of likely N-dealkylation sites (N-methyl/N-ethyl adjacent to an activating group) is 1. The molecule has 0 unspecified atom stereocenters. The van der Waals surface area contributed by atoms with Crippen molar-refractivity contribution >= 4 is 17.3 Å². The van der Waals surface area contributed by atoms with E-state index in [0.717, 1.165) is 24.3 Å². The Morgan fingerprint density at radius 2 is 2.18 bits per heavy atom. The van der Waals surface area contributed by atoms with Crippen molar-refractivity contribution in [1.29, 1.82) is 0 Å². The Morgan fingerprint density at radius 1 is 1.47 bits per heavy atom. The minimum absolute atomic E-state index is 0.00933. The summed E-state index contributed by atoms with van der Waals surface area (Å²) < 4.78 is 0. The van der Waals surface area contributed by atoms with Gasteiger partial charge in [0.15, 0.2) is 0 Å². The maximum atomic E-state index is 10.8. The zero-order valence-corrected chi connectivity index (χ0v) is 10.8. The van der Waals surface area contributed by atoms with Gasteiger partial charge < -0.3 is 16.0 Å². The number of benzene rings is 1. The molecule has 0 saturated carbocycles. The lowest BCUT2D eigenvalue weighted by atomic mass is 10.1. The smallest absolute Gasteiger partial charge is 0.216 e. The zero-order chi connectivity index (χ0) is 12.8. The molecule has 0 radical (unpaired) electrons. The van der Waals surface area contributed by atoms with Crippen LogP contribution in [0.15, 0.2) is 18.2 Å². The number of nitrogen functional groups attached to an aromatic ring is 1. The van der Waals surface area contributed by atoms with E-state index < -0.39 is 0 Å². The fourth-order valence-electron chi connectivity index (χ4n) is 1.85. The number of hydrogen-bond acceptors (Lipinski definition) is 3. The summed E-state index contributed by atoms with van der Waals surface area (Å²) in [5.41, 5.74) is 8.85. The number of nitrogens with one attached hydrogen (secondary N) is 1. The Hall–Kier alpha value is -1.71. The minimum Gasteiger partial charge on any atom is -0.399 e. The monoisotopic (exact) mass is 235 g/mol. The summed E-state index contributed by atoms with van der Waals surface area (Å²) in [5.74, 6) is 0.00933. The molecule has 0 aliphatic carbocycles. The van der Waals surface area contributed by atoms with E-state index in [4.69, 9.17) is 5.73 Å². The molecule has 1 amide bonds. The Bertz CT molecular complexity index is 390. The molecule has 0 spiro atoms. The lowest BCUT2D eigenvalue weighted by Gasteiger charge is -2.25. The summed E-state index contributed by atoms with van der Waals surface area (Å²) >= 11 is 0. The molecule has 0 fully saturated rings. The number of rotatable bonds is 5. The molecule has 17 heavy (non-hydrogen) atoms. The van der Waals surface area contributed by atoms with Crippen LogP contribution in [0.3, 0.4) is 0 Å². The first-order chi connectivity index (χ1) is 8.04. The topological polar surface area (TPSA) is 58.4 Å². The molecule has 0 aromatic heterocycles. The summed E-state index contributed by atoms with van der Waals surface area (Å²) in [4.78, 5) is 13.0. The van der Waals surface area contributed by atoms with Crippen LogP contribution in [-0.4, -0.2) is 25.5 Å². The van der Waals surface area contributed by atoms with E-state index in [1.165, 1.54) is 12.6 Å². The fourth-order valence-corrected chi connectivity index (χ4v) is 1.85. The summed E-state index contributed by atoms with van der Waals surface area (Å²) in [6, 6.07) is 5.90. The molecule has 1 aromatic carbocycles. The molecule has 0 bridgehead atoms. The molecule has 3 N–H and O–H groups in total. The van der Waals surface area contributed by atoms with Crippen molar-refractivity contribution < 1.29 is 4.79 Å². The maximum absolute atomic E-state index is 10.8. The molecule has 0 aliphatic heterocycles. The predicted octanol–water partition coefficient (Wildman–Crippen LogP) is 1.54. The average molecular weight is 235 g/mol. The Morgan fingerprint density at radius 3 is 2.71 bits per heavy atom. The molecule has 1 rings (SSSR count). The third-order valence-electron chi connectivity index (χ3n) is 2.70. The molecule has 4 heteroatoms. The number of amides is 1. The number of nitrogens with two attached hydrogens (primary N) is 1. The number of nitrogens with zero attached hydrogens (tertiary/aromatic N) is 1. The highest BCUT2D eigenvalue weighted by atomic mass is 16.1. The molecular weight excluding hydrogens is 214 g/mol. The molecule has 0 atom stereocenters. The number of carbonyl (C=O) groups excluding carboxylic acids is 1. The van der Waals surface area contributed by atoms with Gasteiger partial charge in [-0.05, 0) is 37.6 Å². The number of hydrogen-bond donors (Lipinski definition) is 2. The van der Waals surface area contributed by atoms with Gasteiger partial charge in [0.2, 0.25) is 5.91 Å². The number of anilines is 2. The highest BCUT2D eigenvalue weighted by Gasteiger charge is 2.07. The standard InChI is InChI=1S/C13H21N3O/c1-4-16(8-7-15-11(3)17)13-6-5-12(14)9-10(13)2/h5-6,9H,4,7-8,14H2,1-3H3,(H,15,17). The molecule has 0 aliphatic rings. The third-order valence-corrected chi connectivity index (χ3v) is 2.70. The van der Waals surface area contributed by atoms with E-state index in [1.54, 1.807) is 0 Å². The van der Waals surface area contributed by atoms with Crippen LogP contribution in [0.4, 0.5) is 11.4 Å². The van der Waals surface area contributed by atoms with Crippen molar-refractivity contribution in [3.8, 4) is 0 Å². The van der Waals surface area contributed by atoms with Gasteiger partial charge in [-0.2, -0.15) is 0 Å². The first-order valence-electron chi connectivity index (χ1n) is 5.90. The normalized spacial score (nSPS) is 10.1. The van der Waals surface area contributed by atoms with Crippen LogP contribution in [0.5, 0.6) is 0 Å². The van der Waals surface area contributed by atoms with Gasteiger partial charge in [-0.25, -0.2) is 0 Å². The van der Waals surface area contributed by atoms with Gasteiger partial charge in [-0.3, -0.25) is 4.79 Å². The molecule has 4 nitrogen and oxygen atoms in total. The minimum atomic E-state index is 0.00933. The summed E-state index contributed by atoms with van der Waals surface area (Å²) in [6.07, 6.45) is 0. The van der Waals surface area contributed by atoms with E-state index in [0.29, 0.717) is 6.54 Å².